The number of carbonyl (C=O) groups excluding carboxylic acids is 2. The monoisotopic (exact) mass is 681 g/mol. The molecule has 2 bridgehead atoms. The highest BCUT2D eigenvalue weighted by Crippen LogP contribution is 2.77. The molecule has 7 heteroatoms. The van der Waals surface area contributed by atoms with Gasteiger partial charge in [0, 0.05) is 30.0 Å². The number of carboxylic acids is 1. The van der Waals surface area contributed by atoms with Crippen molar-refractivity contribution in [1.29, 1.82) is 0 Å². The molecular formula is C42H68N2O5. The zero-order valence-electron chi connectivity index (χ0n) is 32.2. The number of aliphatic carboxylic acids is 1. The molecule has 5 saturated carbocycles. The highest BCUT2D eigenvalue weighted by atomic mass is 16.5. The fourth-order valence-corrected chi connectivity index (χ4v) is 15.0. The molecule has 2 aliphatic heterocycles. The molecule has 0 aromatic carbocycles. The summed E-state index contributed by atoms with van der Waals surface area (Å²) in [6.07, 6.45) is 18.4. The maximum absolute atomic E-state index is 13.8. The lowest BCUT2D eigenvalue weighted by atomic mass is 9.32. The summed E-state index contributed by atoms with van der Waals surface area (Å²) in [4.78, 5) is 41.1. The van der Waals surface area contributed by atoms with Crippen LogP contribution in [0.5, 0.6) is 0 Å². The maximum atomic E-state index is 13.8. The average molecular weight is 681 g/mol. The Hall–Kier alpha value is -1.63. The van der Waals surface area contributed by atoms with E-state index < -0.39 is 11.4 Å². The Balaban J connectivity index is 1.05. The number of nitrogens with one attached hydrogen (secondary N) is 1. The Bertz CT molecular complexity index is 1330. The minimum Gasteiger partial charge on any atom is -0.481 e. The molecule has 0 spiro atoms. The second-order valence-electron chi connectivity index (χ2n) is 20.7. The van der Waals surface area contributed by atoms with E-state index in [1.807, 2.05) is 0 Å². The van der Waals surface area contributed by atoms with Gasteiger partial charge < -0.3 is 20.1 Å². The van der Waals surface area contributed by atoms with Crippen LogP contribution in [0.4, 0.5) is 0 Å². The van der Waals surface area contributed by atoms with Gasteiger partial charge in [0.15, 0.2) is 0 Å². The van der Waals surface area contributed by atoms with E-state index in [1.165, 1.54) is 64.2 Å². The number of ether oxygens (including phenoxy) is 1. The third kappa shape index (κ3) is 5.45. The Labute approximate surface area is 296 Å². The van der Waals surface area contributed by atoms with Crippen molar-refractivity contribution in [3.05, 3.63) is 0 Å². The Morgan fingerprint density at radius 2 is 1.49 bits per heavy atom. The Morgan fingerprint density at radius 1 is 0.796 bits per heavy atom. The minimum atomic E-state index is -1.13. The Morgan fingerprint density at radius 3 is 2.16 bits per heavy atom. The first-order chi connectivity index (χ1) is 22.9. The van der Waals surface area contributed by atoms with Crippen LogP contribution < -0.4 is 5.32 Å². The number of nitrogens with zero attached hydrogens (tertiary/aromatic N) is 1. The normalized spacial score (nSPS) is 47.3. The van der Waals surface area contributed by atoms with Gasteiger partial charge >= 0.3 is 11.9 Å². The molecule has 2 N–H and O–H groups in total. The molecule has 2 heterocycles. The third-order valence-corrected chi connectivity index (χ3v) is 17.9. The quantitative estimate of drug-likeness (QED) is 0.262. The number of piperidine rings is 1. The van der Waals surface area contributed by atoms with E-state index in [4.69, 9.17) is 4.74 Å². The highest BCUT2D eigenvalue weighted by molar-refractivity contribution is 5.81. The number of carbonyl (C=O) groups is 3. The first-order valence-electron chi connectivity index (χ1n) is 20.3. The smallest absolute Gasteiger partial charge is 0.309 e. The van der Waals surface area contributed by atoms with Gasteiger partial charge in [-0.1, -0.05) is 41.0 Å². The van der Waals surface area contributed by atoms with Crippen LogP contribution >= 0.6 is 0 Å². The van der Waals surface area contributed by atoms with Crippen LogP contribution in [0.1, 0.15) is 158 Å². The van der Waals surface area contributed by atoms with Crippen molar-refractivity contribution in [1.82, 2.24) is 10.2 Å². The van der Waals surface area contributed by atoms with Gasteiger partial charge in [0.05, 0.1) is 11.8 Å². The predicted octanol–water partition coefficient (Wildman–Crippen LogP) is 8.39. The molecule has 7 aliphatic rings. The first-order valence-corrected chi connectivity index (χ1v) is 20.3. The maximum Gasteiger partial charge on any atom is 0.309 e. The van der Waals surface area contributed by atoms with Crippen molar-refractivity contribution >= 4 is 17.8 Å². The number of rotatable bonds is 7. The molecule has 0 aromatic rings. The molecule has 276 valence electrons. The SMILES string of the molecule is CN1C2CCC1CC(NC(=O)C[C@]13CCC[C@@H]1[C@H]1CCC4[C@@]5(C)CC[C@H](OC(=O)CC(C)(C)C(=O)O)C(C)(C)C5CC[C@@]4(C)[C@]1(C)CC3)C2. The lowest BCUT2D eigenvalue weighted by molar-refractivity contribution is -0.248. The first kappa shape index (κ1) is 35.8. The molecule has 11 atom stereocenters. The van der Waals surface area contributed by atoms with Gasteiger partial charge in [-0.2, -0.15) is 0 Å². The average Bonchev–Trinajstić information content (AvgIpc) is 3.49. The van der Waals surface area contributed by atoms with E-state index in [0.717, 1.165) is 38.5 Å². The predicted molar refractivity (Wildman–Crippen MR) is 192 cm³/mol. The van der Waals surface area contributed by atoms with E-state index in [1.54, 1.807) is 13.8 Å². The minimum absolute atomic E-state index is 0.0965. The molecule has 2 saturated heterocycles. The van der Waals surface area contributed by atoms with Crippen molar-refractivity contribution in [2.24, 2.45) is 56.2 Å². The van der Waals surface area contributed by atoms with E-state index in [0.29, 0.717) is 47.7 Å². The van der Waals surface area contributed by atoms with Crippen LogP contribution in [0.15, 0.2) is 0 Å². The van der Waals surface area contributed by atoms with E-state index in [-0.39, 0.29) is 45.6 Å². The molecule has 0 aromatic heterocycles. The number of hydrogen-bond donors (Lipinski definition) is 2. The fraction of sp³-hybridized carbons (Fsp3) is 0.929. The number of esters is 1. The van der Waals surface area contributed by atoms with Crippen LogP contribution in [0, 0.1) is 56.2 Å². The number of hydrogen-bond acceptors (Lipinski definition) is 5. The van der Waals surface area contributed by atoms with E-state index >= 15 is 0 Å². The molecule has 0 radical (unpaired) electrons. The van der Waals surface area contributed by atoms with Gasteiger partial charge in [-0.15, -0.1) is 0 Å². The summed E-state index contributed by atoms with van der Waals surface area (Å²) >= 11 is 0. The summed E-state index contributed by atoms with van der Waals surface area (Å²) in [6.45, 7) is 15.8. The van der Waals surface area contributed by atoms with Crippen LogP contribution in [-0.2, 0) is 19.1 Å². The molecule has 7 nitrogen and oxygen atoms in total. The molecule has 5 aliphatic carbocycles. The molecular weight excluding hydrogens is 612 g/mol. The largest absolute Gasteiger partial charge is 0.481 e. The van der Waals surface area contributed by atoms with Crippen molar-refractivity contribution in [2.75, 3.05) is 7.05 Å². The van der Waals surface area contributed by atoms with Crippen molar-refractivity contribution in [2.45, 2.75) is 182 Å². The summed E-state index contributed by atoms with van der Waals surface area (Å²) in [5.74, 6) is 1.45. The summed E-state index contributed by atoms with van der Waals surface area (Å²) in [5.41, 5.74) is -0.382. The molecule has 49 heavy (non-hydrogen) atoms. The van der Waals surface area contributed by atoms with Crippen molar-refractivity contribution in [3.8, 4) is 0 Å². The molecule has 7 rings (SSSR count). The molecule has 7 fully saturated rings. The summed E-state index contributed by atoms with van der Waals surface area (Å²) in [7, 11) is 2.28. The zero-order valence-corrected chi connectivity index (χ0v) is 32.2. The van der Waals surface area contributed by atoms with Gasteiger partial charge in [-0.25, -0.2) is 0 Å². The van der Waals surface area contributed by atoms with Gasteiger partial charge in [-0.05, 0) is 156 Å². The van der Waals surface area contributed by atoms with Crippen molar-refractivity contribution < 1.29 is 24.2 Å². The van der Waals surface area contributed by atoms with Crippen LogP contribution in [-0.4, -0.2) is 59.1 Å². The van der Waals surface area contributed by atoms with E-state index in [9.17, 15) is 19.5 Å². The van der Waals surface area contributed by atoms with Crippen molar-refractivity contribution in [3.63, 3.8) is 0 Å². The fourth-order valence-electron chi connectivity index (χ4n) is 15.0. The molecule has 1 amide bonds. The zero-order chi connectivity index (χ0) is 35.4. The second kappa shape index (κ2) is 12.0. The second-order valence-corrected chi connectivity index (χ2v) is 20.7. The third-order valence-electron chi connectivity index (χ3n) is 17.9. The lowest BCUT2D eigenvalue weighted by Crippen LogP contribution is -2.66. The number of amides is 1. The number of carboxylic acid groups (broad SMARTS) is 1. The van der Waals surface area contributed by atoms with Gasteiger partial charge in [0.1, 0.15) is 6.10 Å². The van der Waals surface area contributed by atoms with Crippen LogP contribution in [0.25, 0.3) is 0 Å². The Kier molecular flexibility index (Phi) is 8.72. The summed E-state index contributed by atoms with van der Waals surface area (Å²) in [6, 6.07) is 1.66. The summed E-state index contributed by atoms with van der Waals surface area (Å²) < 4.78 is 6.17. The lowest BCUT2D eigenvalue weighted by Gasteiger charge is -2.72. The van der Waals surface area contributed by atoms with Gasteiger partial charge in [-0.3, -0.25) is 14.4 Å². The summed E-state index contributed by atoms with van der Waals surface area (Å²) in [5, 5.41) is 13.2. The van der Waals surface area contributed by atoms with E-state index in [2.05, 4.69) is 51.9 Å². The van der Waals surface area contributed by atoms with Gasteiger partial charge in [0.25, 0.3) is 0 Å². The van der Waals surface area contributed by atoms with Crippen LogP contribution in [0.3, 0.4) is 0 Å². The topological polar surface area (TPSA) is 95.9 Å². The standard InChI is InChI=1S/C42H68N2O5/c1-37(2,36(47)48)25-35(46)49-33-16-18-39(5)31(38(33,3)4)15-19-41(7)32(39)14-13-29-30-10-9-17-42(30,21-20-40(29,41)6)24-34(45)43-26-22-27-11-12-28(23-26)44(27)8/h26-33H,9-25H2,1-8H3,(H,43,45)(H,47,48)/t26?,27?,28?,29-,30-,31?,32?,33+,39+,40-,41-,42-/m1/s1. The molecule has 4 unspecified atom stereocenters. The van der Waals surface area contributed by atoms with Gasteiger partial charge in [0.2, 0.25) is 5.91 Å². The van der Waals surface area contributed by atoms with Crippen LogP contribution in [0.2, 0.25) is 0 Å². The number of fused-ring (bicyclic) bond motifs is 9. The highest BCUT2D eigenvalue weighted by Gasteiger charge is 2.70.